The van der Waals surface area contributed by atoms with Crippen LogP contribution in [0, 0.1) is 0 Å². The smallest absolute Gasteiger partial charge is 0.0608 e. The normalized spacial score (nSPS) is 19.7. The minimum atomic E-state index is -0.447. The van der Waals surface area contributed by atoms with Gasteiger partial charge in [0.05, 0.1) is 6.61 Å². The van der Waals surface area contributed by atoms with Crippen LogP contribution in [0.5, 0.6) is 0 Å². The Balaban J connectivity index is 1.90. The molecule has 17 heavy (non-hydrogen) atoms. The van der Waals surface area contributed by atoms with Gasteiger partial charge in [-0.1, -0.05) is 24.3 Å². The van der Waals surface area contributed by atoms with Gasteiger partial charge in [0.15, 0.2) is 0 Å². The molecule has 1 atom stereocenters. The molecule has 0 saturated heterocycles. The second kappa shape index (κ2) is 5.17. The lowest BCUT2D eigenvalue weighted by atomic mass is 9.97. The predicted molar refractivity (Wildman–Crippen MR) is 69.7 cm³/mol. The van der Waals surface area contributed by atoms with Gasteiger partial charge in [-0.15, -0.1) is 0 Å². The van der Waals surface area contributed by atoms with Gasteiger partial charge in [-0.2, -0.15) is 0 Å². The largest absolute Gasteiger partial charge is 0.394 e. The van der Waals surface area contributed by atoms with E-state index in [1.54, 1.807) is 0 Å². The number of hydrogen-bond acceptors (Lipinski definition) is 3. The van der Waals surface area contributed by atoms with Gasteiger partial charge in [0.2, 0.25) is 0 Å². The summed E-state index contributed by atoms with van der Waals surface area (Å²) in [5.41, 5.74) is 8.41. The molecule has 0 aromatic heterocycles. The molecule has 1 unspecified atom stereocenters. The summed E-state index contributed by atoms with van der Waals surface area (Å²) < 4.78 is 0. The van der Waals surface area contributed by atoms with Crippen LogP contribution in [0.4, 0.5) is 0 Å². The second-order valence-corrected chi connectivity index (χ2v) is 5.36. The van der Waals surface area contributed by atoms with Crippen LogP contribution in [0.2, 0.25) is 0 Å². The molecule has 0 saturated carbocycles. The van der Waals surface area contributed by atoms with Crippen molar-refractivity contribution >= 4 is 0 Å². The van der Waals surface area contributed by atoms with Crippen molar-refractivity contribution in [1.82, 2.24) is 4.90 Å². The number of benzene rings is 1. The number of hydrogen-bond donors (Lipinski definition) is 2. The van der Waals surface area contributed by atoms with Crippen molar-refractivity contribution in [3.05, 3.63) is 35.4 Å². The van der Waals surface area contributed by atoms with E-state index in [1.807, 2.05) is 6.92 Å². The summed E-state index contributed by atoms with van der Waals surface area (Å²) >= 11 is 0. The van der Waals surface area contributed by atoms with E-state index >= 15 is 0 Å². The van der Waals surface area contributed by atoms with Gasteiger partial charge in [-0.05, 0) is 30.9 Å². The second-order valence-electron chi connectivity index (χ2n) is 5.36. The Bertz CT molecular complexity index is 376. The fourth-order valence-corrected chi connectivity index (χ4v) is 2.24. The molecule has 0 fully saturated rings. The van der Waals surface area contributed by atoms with Crippen LogP contribution in [0.1, 0.15) is 24.5 Å². The molecule has 0 amide bonds. The summed E-state index contributed by atoms with van der Waals surface area (Å²) in [6.45, 7) is 5.03. The Hall–Kier alpha value is -0.900. The Morgan fingerprint density at radius 2 is 2.06 bits per heavy atom. The summed E-state index contributed by atoms with van der Waals surface area (Å²) in [7, 11) is 0. The molecule has 1 aliphatic heterocycles. The lowest BCUT2D eigenvalue weighted by Crippen LogP contribution is -2.44. The fraction of sp³-hybridized carbons (Fsp3) is 0.571. The minimum Gasteiger partial charge on any atom is -0.394 e. The molecule has 0 radical (unpaired) electrons. The first-order valence-electron chi connectivity index (χ1n) is 6.30. The van der Waals surface area contributed by atoms with Crippen molar-refractivity contribution in [3.63, 3.8) is 0 Å². The van der Waals surface area contributed by atoms with E-state index in [9.17, 15) is 0 Å². The topological polar surface area (TPSA) is 49.5 Å². The van der Waals surface area contributed by atoms with E-state index in [0.29, 0.717) is 0 Å². The van der Waals surface area contributed by atoms with E-state index in [4.69, 9.17) is 10.8 Å². The lowest BCUT2D eigenvalue weighted by Gasteiger charge is -2.31. The van der Waals surface area contributed by atoms with Gasteiger partial charge in [0, 0.05) is 25.2 Å². The standard InChI is InChI=1S/C14H22N2O/c1-14(15,11-17)7-9-16-8-6-12-4-2-3-5-13(12)10-16/h2-5,17H,6-11,15H2,1H3. The lowest BCUT2D eigenvalue weighted by molar-refractivity contribution is 0.169. The highest BCUT2D eigenvalue weighted by atomic mass is 16.3. The van der Waals surface area contributed by atoms with E-state index in [0.717, 1.165) is 32.5 Å². The third-order valence-electron chi connectivity index (χ3n) is 3.57. The zero-order chi connectivity index (χ0) is 12.3. The Kier molecular flexibility index (Phi) is 3.82. The molecule has 3 heteroatoms. The van der Waals surface area contributed by atoms with E-state index in [-0.39, 0.29) is 6.61 Å². The van der Waals surface area contributed by atoms with Crippen LogP contribution in [0.15, 0.2) is 24.3 Å². The highest BCUT2D eigenvalue weighted by Crippen LogP contribution is 2.19. The monoisotopic (exact) mass is 234 g/mol. The molecular weight excluding hydrogens is 212 g/mol. The van der Waals surface area contributed by atoms with Crippen LogP contribution in [0.25, 0.3) is 0 Å². The number of rotatable bonds is 4. The van der Waals surface area contributed by atoms with E-state index in [2.05, 4.69) is 29.2 Å². The molecule has 3 N–H and O–H groups in total. The van der Waals surface area contributed by atoms with Crippen LogP contribution >= 0.6 is 0 Å². The molecule has 0 aliphatic carbocycles. The first-order chi connectivity index (χ1) is 8.11. The maximum atomic E-state index is 9.14. The average Bonchev–Trinajstić information content (AvgIpc) is 2.36. The molecule has 94 valence electrons. The molecular formula is C14H22N2O. The van der Waals surface area contributed by atoms with Crippen LogP contribution in [-0.4, -0.2) is 35.2 Å². The maximum Gasteiger partial charge on any atom is 0.0608 e. The van der Waals surface area contributed by atoms with E-state index in [1.165, 1.54) is 11.1 Å². The van der Waals surface area contributed by atoms with Gasteiger partial charge < -0.3 is 10.8 Å². The SMILES string of the molecule is CC(N)(CO)CCN1CCc2ccccc2C1. The first kappa shape index (κ1) is 12.6. The highest BCUT2D eigenvalue weighted by molar-refractivity contribution is 5.28. The fourth-order valence-electron chi connectivity index (χ4n) is 2.24. The Morgan fingerprint density at radius 3 is 2.76 bits per heavy atom. The minimum absolute atomic E-state index is 0.0530. The summed E-state index contributed by atoms with van der Waals surface area (Å²) in [6, 6.07) is 8.63. The molecule has 3 nitrogen and oxygen atoms in total. The quantitative estimate of drug-likeness (QED) is 0.821. The van der Waals surface area contributed by atoms with Crippen molar-refractivity contribution in [2.75, 3.05) is 19.7 Å². The Labute approximate surface area is 103 Å². The Morgan fingerprint density at radius 1 is 1.35 bits per heavy atom. The van der Waals surface area contributed by atoms with Crippen molar-refractivity contribution < 1.29 is 5.11 Å². The summed E-state index contributed by atoms with van der Waals surface area (Å²) in [4.78, 5) is 2.42. The first-order valence-corrected chi connectivity index (χ1v) is 6.30. The van der Waals surface area contributed by atoms with Crippen LogP contribution in [0.3, 0.4) is 0 Å². The van der Waals surface area contributed by atoms with Crippen molar-refractivity contribution in [1.29, 1.82) is 0 Å². The highest BCUT2D eigenvalue weighted by Gasteiger charge is 2.21. The molecule has 1 heterocycles. The number of nitrogens with zero attached hydrogens (tertiary/aromatic N) is 1. The van der Waals surface area contributed by atoms with Crippen LogP contribution in [-0.2, 0) is 13.0 Å². The predicted octanol–water partition coefficient (Wildman–Crippen LogP) is 1.14. The molecule has 1 aromatic rings. The summed E-state index contributed by atoms with van der Waals surface area (Å²) in [5.74, 6) is 0. The van der Waals surface area contributed by atoms with Gasteiger partial charge in [-0.25, -0.2) is 0 Å². The van der Waals surface area contributed by atoms with Gasteiger partial charge in [0.25, 0.3) is 0 Å². The van der Waals surface area contributed by atoms with Crippen molar-refractivity contribution in [2.45, 2.75) is 31.8 Å². The van der Waals surface area contributed by atoms with Crippen molar-refractivity contribution in [3.8, 4) is 0 Å². The van der Waals surface area contributed by atoms with Crippen molar-refractivity contribution in [2.24, 2.45) is 5.73 Å². The average molecular weight is 234 g/mol. The summed E-state index contributed by atoms with van der Waals surface area (Å²) in [6.07, 6.45) is 1.96. The molecule has 0 bridgehead atoms. The number of fused-ring (bicyclic) bond motifs is 1. The molecule has 1 aromatic carbocycles. The third-order valence-corrected chi connectivity index (χ3v) is 3.57. The maximum absolute atomic E-state index is 9.14. The summed E-state index contributed by atoms with van der Waals surface area (Å²) in [5, 5.41) is 9.14. The number of aliphatic hydroxyl groups excluding tert-OH is 1. The molecule has 1 aliphatic rings. The third kappa shape index (κ3) is 3.28. The van der Waals surface area contributed by atoms with E-state index < -0.39 is 5.54 Å². The van der Waals surface area contributed by atoms with Gasteiger partial charge in [0.1, 0.15) is 0 Å². The zero-order valence-corrected chi connectivity index (χ0v) is 10.5. The van der Waals surface area contributed by atoms with Crippen LogP contribution < -0.4 is 5.73 Å². The van der Waals surface area contributed by atoms with Gasteiger partial charge >= 0.3 is 0 Å². The number of nitrogens with two attached hydrogens (primary N) is 1. The zero-order valence-electron chi connectivity index (χ0n) is 10.5. The number of aliphatic hydroxyl groups is 1. The van der Waals surface area contributed by atoms with Gasteiger partial charge in [-0.3, -0.25) is 4.90 Å². The molecule has 0 spiro atoms. The molecule has 2 rings (SSSR count).